The quantitative estimate of drug-likeness (QED) is 0.259. The average molecular weight is 626 g/mol. The van der Waals surface area contributed by atoms with E-state index in [1.54, 1.807) is 6.07 Å². The van der Waals surface area contributed by atoms with Crippen molar-refractivity contribution in [2.24, 2.45) is 5.92 Å². The number of aliphatic hydroxyl groups excluding tert-OH is 1. The molecule has 2 aromatic heterocycles. The van der Waals surface area contributed by atoms with E-state index in [1.807, 2.05) is 11.8 Å². The maximum Gasteiger partial charge on any atom is 0.319 e. The number of benzene rings is 2. The molecular weight excluding hydrogens is 587 g/mol. The van der Waals surface area contributed by atoms with E-state index in [-0.39, 0.29) is 47.7 Å². The van der Waals surface area contributed by atoms with Gasteiger partial charge in [0.1, 0.15) is 34.8 Å². The lowest BCUT2D eigenvalue weighted by atomic mass is 9.94. The van der Waals surface area contributed by atoms with Crippen LogP contribution in [0, 0.1) is 17.6 Å². The Kier molecular flexibility index (Phi) is 9.53. The molecule has 0 bridgehead atoms. The van der Waals surface area contributed by atoms with Crippen LogP contribution in [0.3, 0.4) is 0 Å². The van der Waals surface area contributed by atoms with Gasteiger partial charge in [-0.2, -0.15) is 9.97 Å². The summed E-state index contributed by atoms with van der Waals surface area (Å²) >= 11 is 0. The summed E-state index contributed by atoms with van der Waals surface area (Å²) in [6, 6.07) is 5.71. The van der Waals surface area contributed by atoms with Crippen molar-refractivity contribution in [1.29, 1.82) is 0 Å². The number of ether oxygens (including phenoxy) is 2. The third-order valence-electron chi connectivity index (χ3n) is 8.63. The zero-order valence-corrected chi connectivity index (χ0v) is 25.2. The fourth-order valence-electron chi connectivity index (χ4n) is 6.43. The molecule has 0 saturated carbocycles. The van der Waals surface area contributed by atoms with Crippen molar-refractivity contribution in [1.82, 2.24) is 20.3 Å². The molecule has 2 aliphatic rings. The SMILES string of the molecule is CCc1c(F)ccc2cc(O)cc(-c3ncc4c(N5CCCOC(CO)C5)nc(OC[C@@H]5CCCNC[C@H](F)C5)nc4c3F)c12. The topological polar surface area (TPSA) is 113 Å². The monoisotopic (exact) mass is 625 g/mol. The molecule has 45 heavy (non-hydrogen) atoms. The molecule has 6 rings (SSSR count). The molecule has 1 unspecified atom stereocenters. The lowest BCUT2D eigenvalue weighted by Crippen LogP contribution is -2.34. The van der Waals surface area contributed by atoms with Gasteiger partial charge < -0.3 is 29.9 Å². The molecule has 4 aromatic rings. The molecule has 0 radical (unpaired) electrons. The summed E-state index contributed by atoms with van der Waals surface area (Å²) in [5.74, 6) is -0.997. The van der Waals surface area contributed by atoms with Crippen molar-refractivity contribution >= 4 is 27.5 Å². The second kappa shape index (κ2) is 13.7. The van der Waals surface area contributed by atoms with Gasteiger partial charge in [-0.3, -0.25) is 4.98 Å². The van der Waals surface area contributed by atoms with Crippen LogP contribution in [0.5, 0.6) is 11.8 Å². The van der Waals surface area contributed by atoms with Crippen molar-refractivity contribution in [2.75, 3.05) is 50.9 Å². The molecule has 0 aliphatic carbocycles. The van der Waals surface area contributed by atoms with Crippen LogP contribution in [-0.2, 0) is 11.2 Å². The number of aromatic hydroxyl groups is 1. The molecule has 9 nitrogen and oxygen atoms in total. The van der Waals surface area contributed by atoms with Gasteiger partial charge in [-0.1, -0.05) is 13.0 Å². The van der Waals surface area contributed by atoms with Crippen molar-refractivity contribution < 1.29 is 32.9 Å². The molecule has 3 N–H and O–H groups in total. The number of rotatable bonds is 7. The summed E-state index contributed by atoms with van der Waals surface area (Å²) in [6.45, 7) is 4.10. The Labute approximate surface area is 259 Å². The molecule has 0 amide bonds. The Morgan fingerprint density at radius 1 is 1.18 bits per heavy atom. The number of aryl methyl sites for hydroxylation is 1. The number of aliphatic hydroxyl groups is 1. The van der Waals surface area contributed by atoms with E-state index >= 15 is 4.39 Å². The lowest BCUT2D eigenvalue weighted by Gasteiger charge is -2.26. The second-order valence-corrected chi connectivity index (χ2v) is 11.8. The van der Waals surface area contributed by atoms with Crippen LogP contribution in [0.2, 0.25) is 0 Å². The van der Waals surface area contributed by atoms with Gasteiger partial charge in [-0.15, -0.1) is 0 Å². The van der Waals surface area contributed by atoms with Crippen LogP contribution >= 0.6 is 0 Å². The highest BCUT2D eigenvalue weighted by Crippen LogP contribution is 2.39. The first-order chi connectivity index (χ1) is 21.9. The Hall–Kier alpha value is -3.74. The third kappa shape index (κ3) is 6.63. The first-order valence-corrected chi connectivity index (χ1v) is 15.6. The summed E-state index contributed by atoms with van der Waals surface area (Å²) in [5, 5.41) is 24.8. The summed E-state index contributed by atoms with van der Waals surface area (Å²) < 4.78 is 57.9. The summed E-state index contributed by atoms with van der Waals surface area (Å²) in [7, 11) is 0. The molecule has 0 spiro atoms. The highest BCUT2D eigenvalue weighted by atomic mass is 19.1. The van der Waals surface area contributed by atoms with Crippen LogP contribution in [0.4, 0.5) is 19.0 Å². The van der Waals surface area contributed by atoms with E-state index < -0.39 is 23.9 Å². The van der Waals surface area contributed by atoms with E-state index in [9.17, 15) is 19.0 Å². The fourth-order valence-corrected chi connectivity index (χ4v) is 6.43. The number of aromatic nitrogens is 3. The molecule has 12 heteroatoms. The Morgan fingerprint density at radius 2 is 2.04 bits per heavy atom. The number of halogens is 3. The van der Waals surface area contributed by atoms with Gasteiger partial charge in [0.05, 0.1) is 24.7 Å². The summed E-state index contributed by atoms with van der Waals surface area (Å²) in [5.41, 5.74) is 0.474. The number of anilines is 1. The van der Waals surface area contributed by atoms with E-state index in [1.165, 1.54) is 24.4 Å². The van der Waals surface area contributed by atoms with Crippen LogP contribution < -0.4 is 15.0 Å². The Bertz CT molecular complexity index is 1680. The number of hydrogen-bond donors (Lipinski definition) is 3. The molecule has 2 aromatic carbocycles. The van der Waals surface area contributed by atoms with Crippen LogP contribution in [0.1, 0.15) is 38.2 Å². The minimum atomic E-state index is -1.000. The zero-order valence-electron chi connectivity index (χ0n) is 25.2. The van der Waals surface area contributed by atoms with Crippen molar-refractivity contribution in [3.8, 4) is 23.0 Å². The largest absolute Gasteiger partial charge is 0.508 e. The molecule has 2 saturated heterocycles. The zero-order chi connectivity index (χ0) is 31.5. The molecule has 2 fully saturated rings. The smallest absolute Gasteiger partial charge is 0.319 e. The van der Waals surface area contributed by atoms with Crippen LogP contribution in [0.15, 0.2) is 30.5 Å². The fraction of sp³-hybridized carbons (Fsp3) is 0.485. The van der Waals surface area contributed by atoms with Gasteiger partial charge in [-0.05, 0) is 79.1 Å². The molecule has 240 valence electrons. The van der Waals surface area contributed by atoms with E-state index in [4.69, 9.17) is 9.47 Å². The van der Waals surface area contributed by atoms with Crippen LogP contribution in [0.25, 0.3) is 32.9 Å². The van der Waals surface area contributed by atoms with Crippen molar-refractivity contribution in [3.05, 3.63) is 47.7 Å². The average Bonchev–Trinajstić information content (AvgIpc) is 3.28. The van der Waals surface area contributed by atoms with Gasteiger partial charge >= 0.3 is 6.01 Å². The van der Waals surface area contributed by atoms with Crippen molar-refractivity contribution in [2.45, 2.75) is 51.3 Å². The number of phenolic OH excluding ortho intramolecular Hbond substituents is 1. The standard InChI is InChI=1S/C33H38F3N5O4/c1-2-24-27(35)7-6-20-12-22(43)13-25(28(20)24)30-29(36)31-26(15-38-30)32(41-9-4-10-44-23(16-41)17-42)40-33(39-31)45-18-19-5-3-8-37-14-21(34)11-19/h6-7,12-13,15,19,21,23,37,42-43H,2-5,8-11,14,16-18H2,1H3/t19-,21-,23?/m1/s1. The molecule has 4 heterocycles. The minimum absolute atomic E-state index is 0.0538. The van der Waals surface area contributed by atoms with Gasteiger partial charge in [0.25, 0.3) is 0 Å². The highest BCUT2D eigenvalue weighted by Gasteiger charge is 2.27. The highest BCUT2D eigenvalue weighted by molar-refractivity contribution is 6.01. The minimum Gasteiger partial charge on any atom is -0.508 e. The number of nitrogens with zero attached hydrogens (tertiary/aromatic N) is 4. The Morgan fingerprint density at radius 3 is 2.87 bits per heavy atom. The number of pyridine rings is 1. The summed E-state index contributed by atoms with van der Waals surface area (Å²) in [6.07, 6.45) is 2.98. The van der Waals surface area contributed by atoms with E-state index in [2.05, 4.69) is 20.3 Å². The second-order valence-electron chi connectivity index (χ2n) is 11.8. The maximum atomic E-state index is 16.7. The third-order valence-corrected chi connectivity index (χ3v) is 8.63. The number of phenols is 1. The first-order valence-electron chi connectivity index (χ1n) is 15.6. The first kappa shape index (κ1) is 31.3. The molecule has 3 atom stereocenters. The van der Waals surface area contributed by atoms with Crippen molar-refractivity contribution in [3.63, 3.8) is 0 Å². The van der Waals surface area contributed by atoms with Gasteiger partial charge in [-0.25, -0.2) is 13.2 Å². The normalized spacial score (nSPS) is 21.4. The van der Waals surface area contributed by atoms with Crippen LogP contribution in [-0.4, -0.2) is 83.4 Å². The summed E-state index contributed by atoms with van der Waals surface area (Å²) in [4.78, 5) is 15.6. The number of nitrogens with one attached hydrogen (secondary N) is 1. The van der Waals surface area contributed by atoms with E-state index in [0.717, 1.165) is 19.4 Å². The number of hydrogen-bond acceptors (Lipinski definition) is 9. The molecular formula is C33H38F3N5O4. The predicted molar refractivity (Wildman–Crippen MR) is 165 cm³/mol. The lowest BCUT2D eigenvalue weighted by molar-refractivity contribution is 0.0266. The van der Waals surface area contributed by atoms with Gasteiger partial charge in [0, 0.05) is 38.0 Å². The maximum absolute atomic E-state index is 16.7. The van der Waals surface area contributed by atoms with E-state index in [0.29, 0.717) is 73.0 Å². The molecule has 2 aliphatic heterocycles. The van der Waals surface area contributed by atoms with Gasteiger partial charge in [0.2, 0.25) is 0 Å². The number of alkyl halides is 1. The predicted octanol–water partition coefficient (Wildman–Crippen LogP) is 5.09. The number of fused-ring (bicyclic) bond motifs is 2. The van der Waals surface area contributed by atoms with Gasteiger partial charge in [0.15, 0.2) is 5.82 Å². The Balaban J connectivity index is 1.48.